The number of nitrogens with one attached hydrogen (secondary N) is 1. The Labute approximate surface area is 169 Å². The van der Waals surface area contributed by atoms with Gasteiger partial charge in [0.2, 0.25) is 0 Å². The van der Waals surface area contributed by atoms with Crippen LogP contribution in [0, 0.1) is 10.8 Å². The Bertz CT molecular complexity index is 887. The van der Waals surface area contributed by atoms with E-state index in [4.69, 9.17) is 34.2 Å². The summed E-state index contributed by atoms with van der Waals surface area (Å²) in [4.78, 5) is 15.0. The van der Waals surface area contributed by atoms with Crippen LogP contribution in [0.25, 0.3) is 0 Å². The van der Waals surface area contributed by atoms with Gasteiger partial charge in [-0.25, -0.2) is 15.0 Å². The van der Waals surface area contributed by atoms with Crippen molar-refractivity contribution in [2.75, 3.05) is 29.5 Å². The van der Waals surface area contributed by atoms with Crippen molar-refractivity contribution in [3.05, 3.63) is 34.7 Å². The van der Waals surface area contributed by atoms with Gasteiger partial charge in [0.15, 0.2) is 5.82 Å². The number of nitrogen functional groups attached to an aromatic ring is 2. The van der Waals surface area contributed by atoms with E-state index in [1.54, 1.807) is 18.3 Å². The fourth-order valence-electron chi connectivity index (χ4n) is 4.50. The van der Waals surface area contributed by atoms with Gasteiger partial charge < -0.3 is 22.1 Å². The molecule has 2 aliphatic rings. The van der Waals surface area contributed by atoms with Crippen LogP contribution in [0.2, 0.25) is 5.15 Å². The predicted octanol–water partition coefficient (Wildman–Crippen LogP) is 2.20. The zero-order valence-corrected chi connectivity index (χ0v) is 16.4. The molecule has 3 heterocycles. The summed E-state index contributed by atoms with van der Waals surface area (Å²) in [6, 6.07) is 3.44. The number of aromatic nitrogens is 3. The number of hydrogen-bond donors (Lipinski definition) is 4. The molecule has 0 aromatic carbocycles. The highest BCUT2D eigenvalue weighted by atomic mass is 35.5. The number of pyridine rings is 1. The van der Waals surface area contributed by atoms with Crippen LogP contribution in [0.3, 0.4) is 0 Å². The average Bonchev–Trinajstić information content (AvgIpc) is 3.01. The van der Waals surface area contributed by atoms with E-state index in [2.05, 4.69) is 19.9 Å². The molecule has 2 aromatic heterocycles. The zero-order valence-electron chi connectivity index (χ0n) is 15.7. The number of nitrogens with two attached hydrogens (primary N) is 3. The fraction of sp³-hybridized carbons (Fsp3) is 0.474. The minimum Gasteiger partial charge on any atom is -0.384 e. The molecule has 7 N–H and O–H groups in total. The number of rotatable bonds is 3. The Morgan fingerprint density at radius 2 is 1.93 bits per heavy atom. The molecule has 1 saturated heterocycles. The third-order valence-electron chi connectivity index (χ3n) is 6.19. The van der Waals surface area contributed by atoms with Crippen molar-refractivity contribution in [3.8, 4) is 0 Å². The summed E-state index contributed by atoms with van der Waals surface area (Å²) in [7, 11) is 0. The molecular formula is C19H25ClN8. The van der Waals surface area contributed by atoms with E-state index in [1.807, 2.05) is 0 Å². The number of halogens is 1. The average molecular weight is 401 g/mol. The van der Waals surface area contributed by atoms with Gasteiger partial charge >= 0.3 is 0 Å². The molecule has 2 fully saturated rings. The molecule has 4 rings (SSSR count). The van der Waals surface area contributed by atoms with Crippen LogP contribution in [-0.4, -0.2) is 39.8 Å². The van der Waals surface area contributed by atoms with E-state index in [0.717, 1.165) is 38.2 Å². The highest BCUT2D eigenvalue weighted by Gasteiger charge is 2.43. The Balaban J connectivity index is 1.51. The van der Waals surface area contributed by atoms with Crippen molar-refractivity contribution in [2.45, 2.75) is 38.1 Å². The molecule has 148 valence electrons. The lowest BCUT2D eigenvalue weighted by Crippen LogP contribution is -2.47. The number of hydrogen-bond acceptors (Lipinski definition) is 8. The third-order valence-corrected chi connectivity index (χ3v) is 6.38. The van der Waals surface area contributed by atoms with E-state index in [1.165, 1.54) is 12.8 Å². The van der Waals surface area contributed by atoms with Gasteiger partial charge in [-0.3, -0.25) is 5.41 Å². The highest BCUT2D eigenvalue weighted by Crippen LogP contribution is 2.45. The second-order valence-corrected chi connectivity index (χ2v) is 8.18. The summed E-state index contributed by atoms with van der Waals surface area (Å²) in [5.74, 6) is 1.19. The van der Waals surface area contributed by atoms with Crippen molar-refractivity contribution in [1.82, 2.24) is 15.0 Å². The maximum absolute atomic E-state index is 8.40. The van der Waals surface area contributed by atoms with Crippen molar-refractivity contribution in [3.63, 3.8) is 0 Å². The lowest BCUT2D eigenvalue weighted by Gasteiger charge is -2.42. The van der Waals surface area contributed by atoms with Crippen LogP contribution >= 0.6 is 11.6 Å². The normalized spacial score (nSPS) is 21.2. The molecule has 2 aromatic rings. The van der Waals surface area contributed by atoms with Gasteiger partial charge in [0.1, 0.15) is 22.5 Å². The monoisotopic (exact) mass is 400 g/mol. The van der Waals surface area contributed by atoms with Crippen molar-refractivity contribution in [1.29, 1.82) is 5.41 Å². The molecule has 0 amide bonds. The van der Waals surface area contributed by atoms with Crippen LogP contribution in [0.5, 0.6) is 0 Å². The Kier molecular flexibility index (Phi) is 4.84. The topological polar surface area (TPSA) is 144 Å². The number of anilines is 3. The van der Waals surface area contributed by atoms with Gasteiger partial charge in [-0.1, -0.05) is 18.0 Å². The molecule has 1 unspecified atom stereocenters. The van der Waals surface area contributed by atoms with E-state index >= 15 is 0 Å². The van der Waals surface area contributed by atoms with E-state index in [9.17, 15) is 0 Å². The number of piperidine rings is 1. The van der Waals surface area contributed by atoms with Crippen molar-refractivity contribution in [2.24, 2.45) is 11.1 Å². The first-order valence-corrected chi connectivity index (χ1v) is 9.91. The van der Waals surface area contributed by atoms with E-state index in [-0.39, 0.29) is 27.9 Å². The van der Waals surface area contributed by atoms with Gasteiger partial charge in [0.05, 0.1) is 11.9 Å². The SMILES string of the molecule is N=C(c1cc(N)nc(Cl)c1)c1ncc(N2CCC3(CCCC3N)CC2)nc1N. The minimum atomic E-state index is 0.113. The Morgan fingerprint density at radius 1 is 1.18 bits per heavy atom. The molecule has 1 aliphatic carbocycles. The number of nitrogens with zero attached hydrogens (tertiary/aromatic N) is 4. The van der Waals surface area contributed by atoms with Crippen LogP contribution in [0.4, 0.5) is 17.5 Å². The van der Waals surface area contributed by atoms with Gasteiger partial charge in [0, 0.05) is 24.7 Å². The summed E-state index contributed by atoms with van der Waals surface area (Å²) in [6.45, 7) is 1.80. The van der Waals surface area contributed by atoms with E-state index in [0.29, 0.717) is 17.3 Å². The summed E-state index contributed by atoms with van der Waals surface area (Å²) >= 11 is 5.94. The van der Waals surface area contributed by atoms with Crippen LogP contribution in [0.15, 0.2) is 18.3 Å². The molecule has 28 heavy (non-hydrogen) atoms. The van der Waals surface area contributed by atoms with Crippen molar-refractivity contribution >= 4 is 34.8 Å². The van der Waals surface area contributed by atoms with Gasteiger partial charge in [-0.15, -0.1) is 0 Å². The maximum atomic E-state index is 8.40. The lowest BCUT2D eigenvalue weighted by molar-refractivity contribution is 0.197. The maximum Gasteiger partial charge on any atom is 0.154 e. The minimum absolute atomic E-state index is 0.113. The van der Waals surface area contributed by atoms with Crippen molar-refractivity contribution < 1.29 is 0 Å². The molecular weight excluding hydrogens is 376 g/mol. The molecule has 1 spiro atoms. The smallest absolute Gasteiger partial charge is 0.154 e. The highest BCUT2D eigenvalue weighted by molar-refractivity contribution is 6.30. The molecule has 0 bridgehead atoms. The first-order chi connectivity index (χ1) is 13.4. The van der Waals surface area contributed by atoms with Gasteiger partial charge in [-0.2, -0.15) is 0 Å². The second kappa shape index (κ2) is 7.18. The lowest BCUT2D eigenvalue weighted by atomic mass is 9.74. The zero-order chi connectivity index (χ0) is 19.9. The molecule has 1 saturated carbocycles. The molecule has 1 atom stereocenters. The Morgan fingerprint density at radius 3 is 2.54 bits per heavy atom. The van der Waals surface area contributed by atoms with Crippen LogP contribution < -0.4 is 22.1 Å². The third kappa shape index (κ3) is 3.38. The largest absolute Gasteiger partial charge is 0.384 e. The van der Waals surface area contributed by atoms with Gasteiger partial charge in [0.25, 0.3) is 0 Å². The van der Waals surface area contributed by atoms with Crippen LogP contribution in [0.1, 0.15) is 43.4 Å². The predicted molar refractivity (Wildman–Crippen MR) is 112 cm³/mol. The summed E-state index contributed by atoms with van der Waals surface area (Å²) < 4.78 is 0. The van der Waals surface area contributed by atoms with Crippen LogP contribution in [-0.2, 0) is 0 Å². The standard InChI is InChI=1S/C19H25ClN8/c20-13-8-11(9-14(22)26-13)16(23)17-18(24)27-15(10-25-17)28-6-4-19(5-7-28)3-1-2-12(19)21/h8-10,12,23H,1-7,21H2,(H2,22,26)(H2,24,27). The molecule has 0 radical (unpaired) electrons. The molecule has 1 aliphatic heterocycles. The molecule has 9 heteroatoms. The fourth-order valence-corrected chi connectivity index (χ4v) is 4.72. The summed E-state index contributed by atoms with van der Waals surface area (Å²) in [5.41, 5.74) is 19.4. The van der Waals surface area contributed by atoms with E-state index < -0.39 is 0 Å². The summed E-state index contributed by atoms with van der Waals surface area (Å²) in [6.07, 6.45) is 7.41. The Hall–Kier alpha value is -2.45. The first kappa shape index (κ1) is 18.9. The second-order valence-electron chi connectivity index (χ2n) is 7.79. The van der Waals surface area contributed by atoms with Gasteiger partial charge in [-0.05, 0) is 43.2 Å². The molecule has 8 nitrogen and oxygen atoms in total. The summed E-state index contributed by atoms with van der Waals surface area (Å²) in [5, 5.41) is 8.62. The first-order valence-electron chi connectivity index (χ1n) is 9.53. The quantitative estimate of drug-likeness (QED) is 0.456.